The fourth-order valence-electron chi connectivity index (χ4n) is 2.27. The summed E-state index contributed by atoms with van der Waals surface area (Å²) in [6.07, 6.45) is -4.56. The van der Waals surface area contributed by atoms with Gasteiger partial charge in [-0.1, -0.05) is 60.3 Å². The first kappa shape index (κ1) is 16.4. The first-order valence-corrected chi connectivity index (χ1v) is 8.13. The molecule has 2 N–H and O–H groups in total. The first-order chi connectivity index (χ1) is 11.5. The molecule has 0 saturated heterocycles. The van der Waals surface area contributed by atoms with Crippen LogP contribution in [0.3, 0.4) is 0 Å². The van der Waals surface area contributed by atoms with E-state index in [0.717, 1.165) is 22.0 Å². The highest BCUT2D eigenvalue weighted by Crippen LogP contribution is 2.41. The Hall–Kier alpha value is -2.41. The van der Waals surface area contributed by atoms with E-state index >= 15 is 0 Å². The number of nitrogen functional groups attached to an aromatic ring is 1. The van der Waals surface area contributed by atoms with Gasteiger partial charge in [-0.25, -0.2) is 4.68 Å². The Labute approximate surface area is 141 Å². The van der Waals surface area contributed by atoms with E-state index in [-0.39, 0.29) is 5.03 Å². The second-order valence-corrected chi connectivity index (χ2v) is 6.05. The summed E-state index contributed by atoms with van der Waals surface area (Å²) < 4.78 is 41.4. The van der Waals surface area contributed by atoms with E-state index in [0.29, 0.717) is 11.4 Å². The SMILES string of the molecule is Nc1c(C(F)(F)F)c(SCc2ccccc2)nn1-c1ccccc1. The second-order valence-electron chi connectivity index (χ2n) is 5.08. The first-order valence-electron chi connectivity index (χ1n) is 7.14. The molecule has 3 nitrogen and oxygen atoms in total. The quantitative estimate of drug-likeness (QED) is 0.690. The van der Waals surface area contributed by atoms with E-state index in [2.05, 4.69) is 5.10 Å². The van der Waals surface area contributed by atoms with Gasteiger partial charge in [0.1, 0.15) is 16.4 Å². The molecule has 1 aromatic heterocycles. The number of nitrogens with zero attached hydrogens (tertiary/aromatic N) is 2. The number of anilines is 1. The third kappa shape index (κ3) is 3.41. The molecule has 2 aromatic carbocycles. The minimum atomic E-state index is -4.56. The molecule has 0 aliphatic carbocycles. The van der Waals surface area contributed by atoms with Crippen molar-refractivity contribution in [3.8, 4) is 5.69 Å². The van der Waals surface area contributed by atoms with E-state index in [9.17, 15) is 13.2 Å². The Morgan fingerprint density at radius 2 is 1.54 bits per heavy atom. The van der Waals surface area contributed by atoms with Crippen LogP contribution in [0.15, 0.2) is 65.7 Å². The smallest absolute Gasteiger partial charge is 0.383 e. The summed E-state index contributed by atoms with van der Waals surface area (Å²) in [7, 11) is 0. The lowest BCUT2D eigenvalue weighted by atomic mass is 10.2. The van der Waals surface area contributed by atoms with Crippen LogP contribution in [0.1, 0.15) is 11.1 Å². The van der Waals surface area contributed by atoms with Crippen LogP contribution in [-0.2, 0) is 11.9 Å². The molecule has 3 rings (SSSR count). The third-order valence-electron chi connectivity index (χ3n) is 3.39. The molecule has 124 valence electrons. The Kier molecular flexibility index (Phi) is 4.53. The van der Waals surface area contributed by atoms with E-state index in [4.69, 9.17) is 5.73 Å². The summed E-state index contributed by atoms with van der Waals surface area (Å²) >= 11 is 1.02. The molecule has 7 heteroatoms. The Morgan fingerprint density at radius 3 is 2.12 bits per heavy atom. The molecule has 0 aliphatic rings. The zero-order valence-electron chi connectivity index (χ0n) is 12.5. The Bertz CT molecular complexity index is 814. The van der Waals surface area contributed by atoms with Crippen molar-refractivity contribution in [3.05, 3.63) is 71.8 Å². The number of thioether (sulfide) groups is 1. The van der Waals surface area contributed by atoms with Gasteiger partial charge in [0.25, 0.3) is 0 Å². The van der Waals surface area contributed by atoms with Crippen LogP contribution < -0.4 is 5.73 Å². The summed E-state index contributed by atoms with van der Waals surface area (Å²) in [6.45, 7) is 0. The maximum absolute atomic E-state index is 13.4. The maximum Gasteiger partial charge on any atom is 0.422 e. The molecule has 0 spiro atoms. The van der Waals surface area contributed by atoms with Crippen LogP contribution in [0, 0.1) is 0 Å². The zero-order valence-corrected chi connectivity index (χ0v) is 13.3. The number of aromatic nitrogens is 2. The standard InChI is InChI=1S/C17H14F3N3S/c18-17(19,20)14-15(21)23(13-9-5-2-6-10-13)22-16(14)24-11-12-7-3-1-4-8-12/h1-10H,11,21H2. The van der Waals surface area contributed by atoms with Crippen LogP contribution in [-0.4, -0.2) is 9.78 Å². The van der Waals surface area contributed by atoms with Gasteiger partial charge in [0.2, 0.25) is 0 Å². The summed E-state index contributed by atoms with van der Waals surface area (Å²) in [5.74, 6) is -0.0147. The lowest BCUT2D eigenvalue weighted by Crippen LogP contribution is -2.10. The molecule has 0 amide bonds. The van der Waals surface area contributed by atoms with Gasteiger partial charge in [-0.2, -0.15) is 18.3 Å². The molecule has 0 atom stereocenters. The van der Waals surface area contributed by atoms with Gasteiger partial charge in [0, 0.05) is 5.75 Å². The third-order valence-corrected chi connectivity index (χ3v) is 4.43. The highest BCUT2D eigenvalue weighted by molar-refractivity contribution is 7.98. The molecule has 0 fully saturated rings. The van der Waals surface area contributed by atoms with Gasteiger partial charge in [-0.05, 0) is 17.7 Å². The molecule has 24 heavy (non-hydrogen) atoms. The summed E-state index contributed by atoms with van der Waals surface area (Å²) in [4.78, 5) is 0. The van der Waals surface area contributed by atoms with Crippen LogP contribution in [0.4, 0.5) is 19.0 Å². The lowest BCUT2D eigenvalue weighted by Gasteiger charge is -2.08. The number of hydrogen-bond acceptors (Lipinski definition) is 3. The number of nitrogens with two attached hydrogens (primary N) is 1. The molecule has 3 aromatic rings. The average Bonchev–Trinajstić information content (AvgIpc) is 2.91. The molecule has 0 aliphatic heterocycles. The van der Waals surface area contributed by atoms with Crippen molar-refractivity contribution in [1.82, 2.24) is 9.78 Å². The van der Waals surface area contributed by atoms with E-state index in [1.54, 1.807) is 30.3 Å². The number of para-hydroxylation sites is 1. The van der Waals surface area contributed by atoms with Crippen molar-refractivity contribution in [2.24, 2.45) is 0 Å². The Balaban J connectivity index is 1.98. The molecule has 0 radical (unpaired) electrons. The van der Waals surface area contributed by atoms with E-state index in [1.165, 1.54) is 0 Å². The number of halogens is 3. The minimum absolute atomic E-state index is 0.118. The van der Waals surface area contributed by atoms with Gasteiger partial charge in [0.05, 0.1) is 5.69 Å². The fourth-order valence-corrected chi connectivity index (χ4v) is 3.27. The summed E-state index contributed by atoms with van der Waals surface area (Å²) in [5.41, 5.74) is 6.29. The van der Waals surface area contributed by atoms with Crippen molar-refractivity contribution in [2.45, 2.75) is 17.0 Å². The molecule has 0 saturated carbocycles. The highest BCUT2D eigenvalue weighted by Gasteiger charge is 2.40. The van der Waals surface area contributed by atoms with Crippen LogP contribution >= 0.6 is 11.8 Å². The number of rotatable bonds is 4. The van der Waals surface area contributed by atoms with Crippen molar-refractivity contribution >= 4 is 17.6 Å². The van der Waals surface area contributed by atoms with E-state index in [1.807, 2.05) is 30.3 Å². The van der Waals surface area contributed by atoms with E-state index < -0.39 is 17.6 Å². The van der Waals surface area contributed by atoms with Gasteiger partial charge >= 0.3 is 6.18 Å². The zero-order chi connectivity index (χ0) is 17.2. The van der Waals surface area contributed by atoms with Crippen molar-refractivity contribution < 1.29 is 13.2 Å². The summed E-state index contributed by atoms with van der Waals surface area (Å²) in [6, 6.07) is 17.8. The predicted octanol–water partition coefficient (Wildman–Crippen LogP) is 4.77. The van der Waals surface area contributed by atoms with Crippen LogP contribution in [0.25, 0.3) is 5.69 Å². The monoisotopic (exact) mass is 349 g/mol. The highest BCUT2D eigenvalue weighted by atomic mass is 32.2. The predicted molar refractivity (Wildman–Crippen MR) is 89.0 cm³/mol. The maximum atomic E-state index is 13.4. The minimum Gasteiger partial charge on any atom is -0.383 e. The lowest BCUT2D eigenvalue weighted by molar-refractivity contribution is -0.139. The largest absolute Gasteiger partial charge is 0.422 e. The van der Waals surface area contributed by atoms with Crippen molar-refractivity contribution in [1.29, 1.82) is 0 Å². The molecular weight excluding hydrogens is 335 g/mol. The molecule has 0 bridgehead atoms. The number of hydrogen-bond donors (Lipinski definition) is 1. The fraction of sp³-hybridized carbons (Fsp3) is 0.118. The summed E-state index contributed by atoms with van der Waals surface area (Å²) in [5, 5.41) is 3.98. The number of benzene rings is 2. The van der Waals surface area contributed by atoms with Crippen LogP contribution in [0.2, 0.25) is 0 Å². The van der Waals surface area contributed by atoms with Gasteiger partial charge in [0.15, 0.2) is 0 Å². The molecule has 0 unspecified atom stereocenters. The van der Waals surface area contributed by atoms with Gasteiger partial charge < -0.3 is 5.73 Å². The normalized spacial score (nSPS) is 11.6. The molecule has 1 heterocycles. The average molecular weight is 349 g/mol. The van der Waals surface area contributed by atoms with Crippen LogP contribution in [0.5, 0.6) is 0 Å². The van der Waals surface area contributed by atoms with Gasteiger partial charge in [-0.15, -0.1) is 0 Å². The molecular formula is C17H14F3N3S. The number of alkyl halides is 3. The topological polar surface area (TPSA) is 43.8 Å². The van der Waals surface area contributed by atoms with Gasteiger partial charge in [-0.3, -0.25) is 0 Å². The van der Waals surface area contributed by atoms with Crippen molar-refractivity contribution in [2.75, 3.05) is 5.73 Å². The second kappa shape index (κ2) is 6.60. The Morgan fingerprint density at radius 1 is 0.958 bits per heavy atom. The van der Waals surface area contributed by atoms with Crippen molar-refractivity contribution in [3.63, 3.8) is 0 Å².